The van der Waals surface area contributed by atoms with Crippen LogP contribution in [-0.4, -0.2) is 19.7 Å². The standard InChI is InChI=1S/C12H16BrNO/c1-8(14-2)5-10-7-11(13)6-9-3-4-15-12(9)10/h6-8,14H,3-5H2,1-2H3. The molecule has 1 unspecified atom stereocenters. The zero-order valence-corrected chi connectivity index (χ0v) is 10.7. The third-order valence-electron chi connectivity index (χ3n) is 2.84. The molecule has 1 N–H and O–H groups in total. The second-order valence-electron chi connectivity index (χ2n) is 4.05. The van der Waals surface area contributed by atoms with Crippen molar-refractivity contribution in [3.63, 3.8) is 0 Å². The molecule has 1 atom stereocenters. The molecule has 82 valence electrons. The Kier molecular flexibility index (Phi) is 3.32. The van der Waals surface area contributed by atoms with Crippen LogP contribution < -0.4 is 10.1 Å². The third kappa shape index (κ3) is 2.34. The molecule has 0 saturated heterocycles. The van der Waals surface area contributed by atoms with Gasteiger partial charge in [0.2, 0.25) is 0 Å². The van der Waals surface area contributed by atoms with Gasteiger partial charge in [-0.2, -0.15) is 0 Å². The van der Waals surface area contributed by atoms with Crippen molar-refractivity contribution in [1.82, 2.24) is 5.32 Å². The van der Waals surface area contributed by atoms with Crippen LogP contribution in [0.4, 0.5) is 0 Å². The fraction of sp³-hybridized carbons (Fsp3) is 0.500. The van der Waals surface area contributed by atoms with Crippen molar-refractivity contribution in [2.75, 3.05) is 13.7 Å². The highest BCUT2D eigenvalue weighted by Gasteiger charge is 2.18. The molecule has 2 rings (SSSR count). The molecule has 1 aromatic carbocycles. The lowest BCUT2D eigenvalue weighted by atomic mass is 10.0. The van der Waals surface area contributed by atoms with E-state index in [1.54, 1.807) is 0 Å². The van der Waals surface area contributed by atoms with E-state index in [9.17, 15) is 0 Å². The Bertz CT molecular complexity index is 365. The summed E-state index contributed by atoms with van der Waals surface area (Å²) in [5, 5.41) is 3.25. The molecule has 0 aromatic heterocycles. The maximum Gasteiger partial charge on any atom is 0.125 e. The van der Waals surface area contributed by atoms with Gasteiger partial charge in [-0.15, -0.1) is 0 Å². The van der Waals surface area contributed by atoms with Gasteiger partial charge in [0.05, 0.1) is 6.61 Å². The monoisotopic (exact) mass is 269 g/mol. The third-order valence-corrected chi connectivity index (χ3v) is 3.30. The number of rotatable bonds is 3. The molecule has 2 nitrogen and oxygen atoms in total. The Morgan fingerprint density at radius 3 is 3.07 bits per heavy atom. The van der Waals surface area contributed by atoms with E-state index in [0.29, 0.717) is 6.04 Å². The van der Waals surface area contributed by atoms with Crippen LogP contribution in [0.25, 0.3) is 0 Å². The van der Waals surface area contributed by atoms with Crippen LogP contribution in [0.15, 0.2) is 16.6 Å². The minimum Gasteiger partial charge on any atom is -0.493 e. The van der Waals surface area contributed by atoms with Crippen molar-refractivity contribution in [1.29, 1.82) is 0 Å². The van der Waals surface area contributed by atoms with Crippen LogP contribution in [0.3, 0.4) is 0 Å². The molecule has 1 aliphatic rings. The zero-order chi connectivity index (χ0) is 10.8. The van der Waals surface area contributed by atoms with Gasteiger partial charge in [0.1, 0.15) is 5.75 Å². The largest absolute Gasteiger partial charge is 0.493 e. The second-order valence-corrected chi connectivity index (χ2v) is 4.96. The lowest BCUT2D eigenvalue weighted by Crippen LogP contribution is -2.23. The number of halogens is 1. The van der Waals surface area contributed by atoms with E-state index in [1.807, 2.05) is 7.05 Å². The Hall–Kier alpha value is -0.540. The van der Waals surface area contributed by atoms with Crippen LogP contribution >= 0.6 is 15.9 Å². The first kappa shape index (κ1) is 11.0. The van der Waals surface area contributed by atoms with Gasteiger partial charge in [0.15, 0.2) is 0 Å². The highest BCUT2D eigenvalue weighted by Crippen LogP contribution is 2.33. The van der Waals surface area contributed by atoms with Crippen molar-refractivity contribution < 1.29 is 4.74 Å². The number of benzene rings is 1. The Morgan fingerprint density at radius 2 is 2.33 bits per heavy atom. The molecule has 1 aromatic rings. The number of nitrogens with one attached hydrogen (secondary N) is 1. The molecule has 0 spiro atoms. The van der Waals surface area contributed by atoms with Crippen molar-refractivity contribution in [3.8, 4) is 5.75 Å². The van der Waals surface area contributed by atoms with Crippen molar-refractivity contribution in [2.45, 2.75) is 25.8 Å². The number of ether oxygens (including phenoxy) is 1. The summed E-state index contributed by atoms with van der Waals surface area (Å²) in [6.07, 6.45) is 2.05. The summed E-state index contributed by atoms with van der Waals surface area (Å²) >= 11 is 3.55. The summed E-state index contributed by atoms with van der Waals surface area (Å²) in [6, 6.07) is 4.81. The first-order chi connectivity index (χ1) is 7.20. The SMILES string of the molecule is CNC(C)Cc1cc(Br)cc2c1OCC2. The molecule has 0 bridgehead atoms. The molecule has 0 amide bonds. The smallest absolute Gasteiger partial charge is 0.125 e. The van der Waals surface area contributed by atoms with Crippen LogP contribution in [-0.2, 0) is 12.8 Å². The highest BCUT2D eigenvalue weighted by molar-refractivity contribution is 9.10. The van der Waals surface area contributed by atoms with Crippen molar-refractivity contribution in [3.05, 3.63) is 27.7 Å². The van der Waals surface area contributed by atoms with E-state index >= 15 is 0 Å². The molecule has 0 fully saturated rings. The van der Waals surface area contributed by atoms with Crippen molar-refractivity contribution >= 4 is 15.9 Å². The summed E-state index contributed by atoms with van der Waals surface area (Å²) in [7, 11) is 1.99. The summed E-state index contributed by atoms with van der Waals surface area (Å²) in [5.41, 5.74) is 2.64. The van der Waals surface area contributed by atoms with Crippen LogP contribution in [0.1, 0.15) is 18.1 Å². The maximum absolute atomic E-state index is 5.68. The predicted octanol–water partition coefficient (Wildman–Crippen LogP) is 2.53. The average Bonchev–Trinajstić information content (AvgIpc) is 2.65. The normalized spacial score (nSPS) is 15.9. The topological polar surface area (TPSA) is 21.3 Å². The average molecular weight is 270 g/mol. The van der Waals surface area contributed by atoms with Gasteiger partial charge in [0.25, 0.3) is 0 Å². The molecule has 0 radical (unpaired) electrons. The van der Waals surface area contributed by atoms with Gasteiger partial charge in [0, 0.05) is 16.9 Å². The summed E-state index contributed by atoms with van der Waals surface area (Å²) in [5.74, 6) is 1.11. The first-order valence-electron chi connectivity index (χ1n) is 5.32. The van der Waals surface area contributed by atoms with Gasteiger partial charge in [-0.1, -0.05) is 15.9 Å². The summed E-state index contributed by atoms with van der Waals surface area (Å²) in [4.78, 5) is 0. The molecule has 15 heavy (non-hydrogen) atoms. The van der Waals surface area contributed by atoms with E-state index < -0.39 is 0 Å². The molecule has 0 saturated carbocycles. The lowest BCUT2D eigenvalue weighted by Gasteiger charge is -2.13. The van der Waals surface area contributed by atoms with Crippen LogP contribution in [0.2, 0.25) is 0 Å². The van der Waals surface area contributed by atoms with Gasteiger partial charge in [-0.05, 0) is 43.7 Å². The van der Waals surface area contributed by atoms with E-state index in [0.717, 1.165) is 29.7 Å². The van der Waals surface area contributed by atoms with E-state index in [1.165, 1.54) is 11.1 Å². The fourth-order valence-electron chi connectivity index (χ4n) is 1.93. The number of fused-ring (bicyclic) bond motifs is 1. The van der Waals surface area contributed by atoms with E-state index in [4.69, 9.17) is 4.74 Å². The molecular formula is C12H16BrNO. The maximum atomic E-state index is 5.68. The van der Waals surface area contributed by atoms with Gasteiger partial charge < -0.3 is 10.1 Å². The summed E-state index contributed by atoms with van der Waals surface area (Å²) in [6.45, 7) is 3.01. The molecule has 1 heterocycles. The second kappa shape index (κ2) is 4.54. The fourth-order valence-corrected chi connectivity index (χ4v) is 2.48. The zero-order valence-electron chi connectivity index (χ0n) is 9.14. The predicted molar refractivity (Wildman–Crippen MR) is 65.6 cm³/mol. The Balaban J connectivity index is 2.30. The highest BCUT2D eigenvalue weighted by atomic mass is 79.9. The van der Waals surface area contributed by atoms with Crippen LogP contribution in [0, 0.1) is 0 Å². The molecule has 0 aliphatic carbocycles. The van der Waals surface area contributed by atoms with E-state index in [2.05, 4.69) is 40.3 Å². The first-order valence-corrected chi connectivity index (χ1v) is 6.11. The minimum absolute atomic E-state index is 0.479. The lowest BCUT2D eigenvalue weighted by molar-refractivity contribution is 0.352. The van der Waals surface area contributed by atoms with Crippen molar-refractivity contribution in [2.24, 2.45) is 0 Å². The van der Waals surface area contributed by atoms with Crippen LogP contribution in [0.5, 0.6) is 5.75 Å². The summed E-state index contributed by atoms with van der Waals surface area (Å²) < 4.78 is 6.84. The van der Waals surface area contributed by atoms with Gasteiger partial charge in [-0.25, -0.2) is 0 Å². The number of hydrogen-bond acceptors (Lipinski definition) is 2. The van der Waals surface area contributed by atoms with Gasteiger partial charge in [-0.3, -0.25) is 0 Å². The molecule has 3 heteroatoms. The Morgan fingerprint density at radius 1 is 1.53 bits per heavy atom. The molecular weight excluding hydrogens is 254 g/mol. The molecule has 1 aliphatic heterocycles. The van der Waals surface area contributed by atoms with Gasteiger partial charge >= 0.3 is 0 Å². The quantitative estimate of drug-likeness (QED) is 0.911. The minimum atomic E-state index is 0.479. The Labute approximate surface area is 99.1 Å². The number of likely N-dealkylation sites (N-methyl/N-ethyl adjacent to an activating group) is 1. The number of hydrogen-bond donors (Lipinski definition) is 1. The van der Waals surface area contributed by atoms with E-state index in [-0.39, 0.29) is 0 Å².